The lowest BCUT2D eigenvalue weighted by atomic mass is 9.90. The molecular formula is C18H27N4+. The predicted octanol–water partition coefficient (Wildman–Crippen LogP) is 3.38. The van der Waals surface area contributed by atoms with Crippen LogP contribution in [0.5, 0.6) is 0 Å². The molecule has 2 rings (SSSR count). The van der Waals surface area contributed by atoms with Crippen LogP contribution in [0.4, 0.5) is 0 Å². The first-order valence-electron chi connectivity index (χ1n) is 7.95. The van der Waals surface area contributed by atoms with Crippen LogP contribution in [0.2, 0.25) is 0 Å². The molecule has 1 atom stereocenters. The smallest absolute Gasteiger partial charge is 0.245 e. The van der Waals surface area contributed by atoms with E-state index in [0.29, 0.717) is 11.8 Å². The molecule has 0 amide bonds. The molecule has 4 heteroatoms. The van der Waals surface area contributed by atoms with E-state index in [4.69, 9.17) is 0 Å². The Hall–Kier alpha value is -1.84. The van der Waals surface area contributed by atoms with Crippen molar-refractivity contribution in [3.63, 3.8) is 0 Å². The van der Waals surface area contributed by atoms with Gasteiger partial charge in [0.1, 0.15) is 12.0 Å². The van der Waals surface area contributed by atoms with Gasteiger partial charge in [0.15, 0.2) is 5.69 Å². The van der Waals surface area contributed by atoms with Crippen LogP contribution in [0.15, 0.2) is 31.0 Å². The van der Waals surface area contributed by atoms with Crippen LogP contribution in [-0.2, 0) is 12.0 Å². The highest BCUT2D eigenvalue weighted by molar-refractivity contribution is 5.15. The maximum absolute atomic E-state index is 4.67. The molecule has 2 aromatic heterocycles. The molecule has 22 heavy (non-hydrogen) atoms. The summed E-state index contributed by atoms with van der Waals surface area (Å²) in [4.78, 5) is 13.0. The molecule has 0 fully saturated rings. The average molecular weight is 299 g/mol. The van der Waals surface area contributed by atoms with Crippen molar-refractivity contribution in [2.75, 3.05) is 0 Å². The van der Waals surface area contributed by atoms with Crippen molar-refractivity contribution < 1.29 is 4.57 Å². The van der Waals surface area contributed by atoms with E-state index in [2.05, 4.69) is 67.1 Å². The van der Waals surface area contributed by atoms with Gasteiger partial charge in [0.25, 0.3) is 6.33 Å². The molecule has 0 spiro atoms. The third-order valence-corrected chi connectivity index (χ3v) is 3.89. The molecule has 0 bridgehead atoms. The Bertz CT molecular complexity index is 615. The third-order valence-electron chi connectivity index (χ3n) is 3.89. The van der Waals surface area contributed by atoms with E-state index in [-0.39, 0.29) is 5.41 Å². The van der Waals surface area contributed by atoms with Crippen LogP contribution in [-0.4, -0.2) is 15.0 Å². The molecule has 0 aliphatic rings. The lowest BCUT2D eigenvalue weighted by Crippen LogP contribution is -2.42. The van der Waals surface area contributed by atoms with Crippen LogP contribution in [0.25, 0.3) is 0 Å². The number of hydrogen-bond donors (Lipinski definition) is 0. The monoisotopic (exact) mass is 299 g/mol. The van der Waals surface area contributed by atoms with Gasteiger partial charge in [-0.05, 0) is 6.07 Å². The summed E-state index contributed by atoms with van der Waals surface area (Å²) in [6.45, 7) is 14.1. The summed E-state index contributed by atoms with van der Waals surface area (Å²) in [6, 6.07) is 4.23. The Kier molecular flexibility index (Phi) is 4.89. The lowest BCUT2D eigenvalue weighted by molar-refractivity contribution is -0.710. The van der Waals surface area contributed by atoms with Crippen molar-refractivity contribution in [3.8, 4) is 0 Å². The summed E-state index contributed by atoms with van der Waals surface area (Å²) < 4.78 is 2.26. The summed E-state index contributed by atoms with van der Waals surface area (Å²) in [7, 11) is 0. The molecule has 0 aromatic carbocycles. The number of aromatic nitrogens is 4. The van der Waals surface area contributed by atoms with Gasteiger partial charge in [0.05, 0.1) is 12.2 Å². The van der Waals surface area contributed by atoms with Crippen molar-refractivity contribution >= 4 is 0 Å². The third kappa shape index (κ3) is 3.87. The molecule has 0 saturated carbocycles. The molecular weight excluding hydrogens is 272 g/mol. The molecule has 2 heterocycles. The molecule has 118 valence electrons. The summed E-state index contributed by atoms with van der Waals surface area (Å²) in [5.41, 5.74) is 3.60. The normalized spacial score (nSPS) is 13.4. The van der Waals surface area contributed by atoms with Gasteiger partial charge < -0.3 is 0 Å². The van der Waals surface area contributed by atoms with Gasteiger partial charge in [0, 0.05) is 29.5 Å². The highest BCUT2D eigenvalue weighted by Crippen LogP contribution is 2.22. The minimum Gasteiger partial charge on any atom is -0.245 e. The number of rotatable bonds is 4. The van der Waals surface area contributed by atoms with Crippen LogP contribution >= 0.6 is 0 Å². The molecule has 0 aliphatic heterocycles. The van der Waals surface area contributed by atoms with E-state index in [9.17, 15) is 0 Å². The second-order valence-electron chi connectivity index (χ2n) is 7.29. The predicted molar refractivity (Wildman–Crippen MR) is 87.7 cm³/mol. The summed E-state index contributed by atoms with van der Waals surface area (Å²) in [6.07, 6.45) is 5.39. The van der Waals surface area contributed by atoms with E-state index < -0.39 is 0 Å². The molecule has 4 nitrogen and oxygen atoms in total. The average Bonchev–Trinajstić information content (AvgIpc) is 2.47. The molecule has 0 radical (unpaired) electrons. The Labute approximate surface area is 133 Å². The SMILES string of the molecule is CC(C)c1cc(C(C)(C)C)nc[n+]1CC(C)c1ccncn1. The molecule has 0 saturated heterocycles. The molecule has 0 N–H and O–H groups in total. The fourth-order valence-corrected chi connectivity index (χ4v) is 2.50. The van der Waals surface area contributed by atoms with Gasteiger partial charge in [-0.15, -0.1) is 0 Å². The summed E-state index contributed by atoms with van der Waals surface area (Å²) in [5, 5.41) is 0. The lowest BCUT2D eigenvalue weighted by Gasteiger charge is -2.18. The van der Waals surface area contributed by atoms with Crippen molar-refractivity contribution in [2.24, 2.45) is 0 Å². The van der Waals surface area contributed by atoms with Gasteiger partial charge in [0.2, 0.25) is 0 Å². The second-order valence-corrected chi connectivity index (χ2v) is 7.29. The maximum atomic E-state index is 4.67. The number of hydrogen-bond acceptors (Lipinski definition) is 3. The van der Waals surface area contributed by atoms with Crippen molar-refractivity contribution in [2.45, 2.75) is 65.3 Å². The first-order valence-corrected chi connectivity index (χ1v) is 7.95. The quantitative estimate of drug-likeness (QED) is 0.813. The zero-order valence-electron chi connectivity index (χ0n) is 14.5. The highest BCUT2D eigenvalue weighted by Gasteiger charge is 2.25. The van der Waals surface area contributed by atoms with Crippen LogP contribution in [0, 0.1) is 0 Å². The number of nitrogens with zero attached hydrogens (tertiary/aromatic N) is 4. The van der Waals surface area contributed by atoms with E-state index in [1.54, 1.807) is 12.5 Å². The van der Waals surface area contributed by atoms with Crippen molar-refractivity contribution in [3.05, 3.63) is 48.1 Å². The second kappa shape index (κ2) is 6.51. The molecule has 1 unspecified atom stereocenters. The van der Waals surface area contributed by atoms with Gasteiger partial charge in [-0.2, -0.15) is 0 Å². The van der Waals surface area contributed by atoms with E-state index in [1.807, 2.05) is 12.4 Å². The first kappa shape index (κ1) is 16.5. The summed E-state index contributed by atoms with van der Waals surface area (Å²) >= 11 is 0. The molecule has 2 aromatic rings. The first-order chi connectivity index (χ1) is 10.3. The largest absolute Gasteiger partial charge is 0.286 e. The zero-order chi connectivity index (χ0) is 16.3. The Morgan fingerprint density at radius 1 is 1.14 bits per heavy atom. The van der Waals surface area contributed by atoms with Gasteiger partial charge in [-0.3, -0.25) is 0 Å². The molecule has 0 aliphatic carbocycles. The Balaban J connectivity index is 2.31. The van der Waals surface area contributed by atoms with Crippen molar-refractivity contribution in [1.82, 2.24) is 15.0 Å². The fourth-order valence-electron chi connectivity index (χ4n) is 2.50. The zero-order valence-corrected chi connectivity index (χ0v) is 14.5. The van der Waals surface area contributed by atoms with Crippen molar-refractivity contribution in [1.29, 1.82) is 0 Å². The topological polar surface area (TPSA) is 42.5 Å². The minimum atomic E-state index is 0.0704. The minimum absolute atomic E-state index is 0.0704. The van der Waals surface area contributed by atoms with Gasteiger partial charge in [-0.25, -0.2) is 14.5 Å². The standard InChI is InChI=1S/C18H27N4/c1-13(2)16-9-17(18(4,5)6)21-12-22(16)10-14(3)15-7-8-19-11-20-15/h7-9,11-14H,10H2,1-6H3/q+1. The van der Waals surface area contributed by atoms with E-state index in [0.717, 1.165) is 17.9 Å². The van der Waals surface area contributed by atoms with Crippen LogP contribution in [0.1, 0.15) is 70.5 Å². The Morgan fingerprint density at radius 3 is 2.41 bits per heavy atom. The van der Waals surface area contributed by atoms with Crippen LogP contribution in [0.3, 0.4) is 0 Å². The summed E-state index contributed by atoms with van der Waals surface area (Å²) in [5.74, 6) is 0.787. The fraction of sp³-hybridized carbons (Fsp3) is 0.556. The van der Waals surface area contributed by atoms with E-state index >= 15 is 0 Å². The highest BCUT2D eigenvalue weighted by atomic mass is 15.0. The van der Waals surface area contributed by atoms with Gasteiger partial charge >= 0.3 is 0 Å². The van der Waals surface area contributed by atoms with Crippen LogP contribution < -0.4 is 4.57 Å². The maximum Gasteiger partial charge on any atom is 0.286 e. The Morgan fingerprint density at radius 2 is 1.86 bits per heavy atom. The van der Waals surface area contributed by atoms with E-state index in [1.165, 1.54) is 5.69 Å². The van der Waals surface area contributed by atoms with Gasteiger partial charge in [-0.1, -0.05) is 46.5 Å².